The number of amides is 1. The number of ether oxygens (including phenoxy) is 2. The van der Waals surface area contributed by atoms with Gasteiger partial charge in [-0.3, -0.25) is 0 Å². The number of likely N-dealkylation sites (tertiary alicyclic amines) is 1. The van der Waals surface area contributed by atoms with Crippen molar-refractivity contribution in [1.82, 2.24) is 4.90 Å². The zero-order chi connectivity index (χ0) is 16.4. The van der Waals surface area contributed by atoms with Crippen LogP contribution in [0.1, 0.15) is 43.7 Å². The number of carbonyl (C=O) groups is 1. The van der Waals surface area contributed by atoms with Crippen molar-refractivity contribution in [3.05, 3.63) is 29.8 Å². The van der Waals surface area contributed by atoms with E-state index in [-0.39, 0.29) is 18.1 Å². The van der Waals surface area contributed by atoms with Gasteiger partial charge in [-0.05, 0) is 25.3 Å². The van der Waals surface area contributed by atoms with Gasteiger partial charge in [0.1, 0.15) is 5.75 Å². The van der Waals surface area contributed by atoms with E-state index >= 15 is 0 Å². The van der Waals surface area contributed by atoms with Gasteiger partial charge in [0.25, 0.3) is 0 Å². The average molecular weight is 319 g/mol. The topological polar surface area (TPSA) is 59.0 Å². The first-order valence-electron chi connectivity index (χ1n) is 8.30. The molecule has 23 heavy (non-hydrogen) atoms. The van der Waals surface area contributed by atoms with E-state index in [4.69, 9.17) is 9.47 Å². The molecular formula is C18H25NO4. The van der Waals surface area contributed by atoms with E-state index in [0.717, 1.165) is 37.0 Å². The number of benzene rings is 1. The number of rotatable bonds is 2. The number of hydrogen-bond donors (Lipinski definition) is 1. The second-order valence-corrected chi connectivity index (χ2v) is 6.56. The van der Waals surface area contributed by atoms with Crippen LogP contribution in [0.3, 0.4) is 0 Å². The van der Waals surface area contributed by atoms with Gasteiger partial charge in [0.2, 0.25) is 0 Å². The van der Waals surface area contributed by atoms with E-state index in [9.17, 15) is 9.90 Å². The maximum atomic E-state index is 12.3. The minimum atomic E-state index is -0.700. The van der Waals surface area contributed by atoms with E-state index in [1.165, 1.54) is 7.11 Å². The molecule has 1 aromatic rings. The van der Waals surface area contributed by atoms with Crippen LogP contribution in [0.15, 0.2) is 24.3 Å². The molecule has 0 unspecified atom stereocenters. The van der Waals surface area contributed by atoms with Gasteiger partial charge < -0.3 is 19.5 Å². The summed E-state index contributed by atoms with van der Waals surface area (Å²) in [6.45, 7) is 0.502. The Morgan fingerprint density at radius 1 is 1.26 bits per heavy atom. The summed E-state index contributed by atoms with van der Waals surface area (Å²) in [5, 5.41) is 11.1. The monoisotopic (exact) mass is 319 g/mol. The van der Waals surface area contributed by atoms with Crippen molar-refractivity contribution in [2.45, 2.75) is 43.7 Å². The molecule has 1 aliphatic carbocycles. The molecule has 1 aliphatic heterocycles. The van der Waals surface area contributed by atoms with E-state index < -0.39 is 5.60 Å². The molecule has 1 aromatic carbocycles. The first-order valence-corrected chi connectivity index (χ1v) is 8.30. The molecule has 1 saturated heterocycles. The maximum absolute atomic E-state index is 12.3. The fourth-order valence-electron chi connectivity index (χ4n) is 4.30. The highest BCUT2D eigenvalue weighted by atomic mass is 16.5. The third kappa shape index (κ3) is 2.78. The van der Waals surface area contributed by atoms with Gasteiger partial charge in [0.15, 0.2) is 0 Å². The van der Waals surface area contributed by atoms with Crippen molar-refractivity contribution in [3.63, 3.8) is 0 Å². The quantitative estimate of drug-likeness (QED) is 0.910. The molecule has 0 radical (unpaired) electrons. The van der Waals surface area contributed by atoms with Gasteiger partial charge in [0, 0.05) is 18.0 Å². The first-order chi connectivity index (χ1) is 11.1. The third-order valence-electron chi connectivity index (χ3n) is 5.43. The Morgan fingerprint density at radius 3 is 2.78 bits per heavy atom. The smallest absolute Gasteiger partial charge is 0.410 e. The lowest BCUT2D eigenvalue weighted by Gasteiger charge is -2.52. The van der Waals surface area contributed by atoms with Crippen molar-refractivity contribution in [3.8, 4) is 5.75 Å². The normalized spacial score (nSPS) is 30.5. The fraction of sp³-hybridized carbons (Fsp3) is 0.611. The molecular weight excluding hydrogens is 294 g/mol. The molecule has 0 aromatic heterocycles. The second kappa shape index (κ2) is 6.40. The number of hydrogen-bond acceptors (Lipinski definition) is 4. The van der Waals surface area contributed by atoms with Gasteiger partial charge in [-0.2, -0.15) is 0 Å². The summed E-state index contributed by atoms with van der Waals surface area (Å²) in [6.07, 6.45) is 4.11. The number of aliphatic hydroxyl groups is 1. The highest BCUT2D eigenvalue weighted by Crippen LogP contribution is 2.50. The molecule has 3 rings (SSSR count). The highest BCUT2D eigenvalue weighted by molar-refractivity contribution is 5.69. The van der Waals surface area contributed by atoms with Crippen LogP contribution in [0.4, 0.5) is 4.79 Å². The summed E-state index contributed by atoms with van der Waals surface area (Å²) in [5.41, 5.74) is 0.249. The molecule has 2 fully saturated rings. The predicted octanol–water partition coefficient (Wildman–Crippen LogP) is 3.13. The van der Waals surface area contributed by atoms with Gasteiger partial charge >= 0.3 is 6.09 Å². The van der Waals surface area contributed by atoms with Gasteiger partial charge in [0.05, 0.1) is 25.9 Å². The molecule has 2 aliphatic rings. The summed E-state index contributed by atoms with van der Waals surface area (Å²) in [6, 6.07) is 7.55. The van der Waals surface area contributed by atoms with Crippen molar-refractivity contribution < 1.29 is 19.4 Å². The van der Waals surface area contributed by atoms with E-state index in [1.54, 1.807) is 12.0 Å². The molecule has 1 amide bonds. The highest BCUT2D eigenvalue weighted by Gasteiger charge is 2.51. The van der Waals surface area contributed by atoms with Crippen LogP contribution in [-0.4, -0.2) is 42.5 Å². The Labute approximate surface area is 137 Å². The number of methoxy groups -OCH3 is 2. The predicted molar refractivity (Wildman–Crippen MR) is 86.4 cm³/mol. The Balaban J connectivity index is 2.06. The second-order valence-electron chi connectivity index (χ2n) is 6.56. The number of fused-ring (bicyclic) bond motifs is 1. The standard InChI is InChI=1S/C18H25NO4/c1-22-15-9-4-3-7-13(15)16-14-8-5-6-10-18(14,21)11-12-19(16)17(20)23-2/h3-4,7,9,14,16,21H,5-6,8,10-12H2,1-2H3/t14-,16+,18-/m1/s1. The Kier molecular flexibility index (Phi) is 4.48. The van der Waals surface area contributed by atoms with Crippen LogP contribution in [0.25, 0.3) is 0 Å². The van der Waals surface area contributed by atoms with Crippen LogP contribution in [-0.2, 0) is 4.74 Å². The molecule has 3 atom stereocenters. The summed E-state index contributed by atoms with van der Waals surface area (Å²) >= 11 is 0. The van der Waals surface area contributed by atoms with Crippen LogP contribution < -0.4 is 4.74 Å². The fourth-order valence-corrected chi connectivity index (χ4v) is 4.30. The molecule has 0 spiro atoms. The van der Waals surface area contributed by atoms with Crippen molar-refractivity contribution in [2.75, 3.05) is 20.8 Å². The molecule has 1 saturated carbocycles. The minimum Gasteiger partial charge on any atom is -0.496 e. The number of para-hydroxylation sites is 1. The van der Waals surface area contributed by atoms with Gasteiger partial charge in [-0.1, -0.05) is 31.0 Å². The zero-order valence-electron chi connectivity index (χ0n) is 13.8. The SMILES string of the molecule is COC(=O)N1CC[C@]2(O)CCCC[C@@H]2[C@@H]1c1ccccc1OC. The van der Waals surface area contributed by atoms with Crippen LogP contribution in [0, 0.1) is 5.92 Å². The lowest BCUT2D eigenvalue weighted by Crippen LogP contribution is -2.56. The van der Waals surface area contributed by atoms with E-state index in [0.29, 0.717) is 13.0 Å². The summed E-state index contributed by atoms with van der Waals surface area (Å²) in [4.78, 5) is 14.1. The molecule has 1 heterocycles. The molecule has 5 heteroatoms. The third-order valence-corrected chi connectivity index (χ3v) is 5.43. The van der Waals surface area contributed by atoms with E-state index in [2.05, 4.69) is 0 Å². The minimum absolute atomic E-state index is 0.0143. The lowest BCUT2D eigenvalue weighted by molar-refractivity contribution is -0.118. The molecule has 5 nitrogen and oxygen atoms in total. The number of carbonyl (C=O) groups excluding carboxylic acids is 1. The zero-order valence-corrected chi connectivity index (χ0v) is 13.8. The number of piperidine rings is 1. The maximum Gasteiger partial charge on any atom is 0.410 e. The summed E-state index contributed by atoms with van der Waals surface area (Å²) < 4.78 is 10.5. The van der Waals surface area contributed by atoms with Crippen molar-refractivity contribution in [1.29, 1.82) is 0 Å². The molecule has 126 valence electrons. The summed E-state index contributed by atoms with van der Waals surface area (Å²) in [7, 11) is 3.04. The van der Waals surface area contributed by atoms with Crippen LogP contribution >= 0.6 is 0 Å². The summed E-state index contributed by atoms with van der Waals surface area (Å²) in [5.74, 6) is 0.765. The Morgan fingerprint density at radius 2 is 2.04 bits per heavy atom. The Hall–Kier alpha value is -1.75. The Bertz CT molecular complexity index is 576. The van der Waals surface area contributed by atoms with Crippen molar-refractivity contribution in [2.24, 2.45) is 5.92 Å². The van der Waals surface area contributed by atoms with Gasteiger partial charge in [-0.25, -0.2) is 4.79 Å². The van der Waals surface area contributed by atoms with E-state index in [1.807, 2.05) is 24.3 Å². The number of nitrogens with zero attached hydrogens (tertiary/aromatic N) is 1. The molecule has 1 N–H and O–H groups in total. The average Bonchev–Trinajstić information content (AvgIpc) is 2.59. The van der Waals surface area contributed by atoms with Crippen LogP contribution in [0.5, 0.6) is 5.75 Å². The first kappa shape index (κ1) is 16.1. The van der Waals surface area contributed by atoms with Crippen LogP contribution in [0.2, 0.25) is 0 Å². The lowest BCUT2D eigenvalue weighted by atomic mass is 9.66. The van der Waals surface area contributed by atoms with Crippen molar-refractivity contribution >= 4 is 6.09 Å². The molecule has 0 bridgehead atoms. The van der Waals surface area contributed by atoms with Gasteiger partial charge in [-0.15, -0.1) is 0 Å². The largest absolute Gasteiger partial charge is 0.496 e.